The molecule has 0 aliphatic rings. The van der Waals surface area contributed by atoms with Crippen LogP contribution >= 0.6 is 0 Å². The van der Waals surface area contributed by atoms with Crippen LogP contribution < -0.4 is 0 Å². The third kappa shape index (κ3) is 2.86. The molecule has 2 aromatic carbocycles. The lowest BCUT2D eigenvalue weighted by Crippen LogP contribution is -2.13. The predicted octanol–water partition coefficient (Wildman–Crippen LogP) is 3.25. The van der Waals surface area contributed by atoms with Crippen molar-refractivity contribution < 1.29 is 12.8 Å². The minimum absolute atomic E-state index is 0.110. The summed E-state index contributed by atoms with van der Waals surface area (Å²) >= 11 is 0. The van der Waals surface area contributed by atoms with E-state index in [1.807, 2.05) is 6.07 Å². The molecule has 0 aliphatic heterocycles. The van der Waals surface area contributed by atoms with Crippen molar-refractivity contribution in [2.45, 2.75) is 16.6 Å². The van der Waals surface area contributed by atoms with Crippen molar-refractivity contribution in [3.63, 3.8) is 0 Å². The Morgan fingerprint density at radius 2 is 1.80 bits per heavy atom. The minimum atomic E-state index is -3.80. The molecule has 2 rings (SSSR count). The molecule has 0 saturated heterocycles. The number of halogens is 1. The highest BCUT2D eigenvalue weighted by Gasteiger charge is 2.29. The third-order valence-corrected chi connectivity index (χ3v) is 5.05. The molecular weight excluding hydrogens is 277 g/mol. The summed E-state index contributed by atoms with van der Waals surface area (Å²) in [5.74, 6) is -0.616. The number of hydrogen-bond acceptors (Lipinski definition) is 3. The fraction of sp³-hybridized carbons (Fsp3) is 0.133. The van der Waals surface area contributed by atoms with E-state index in [0.717, 1.165) is 6.07 Å². The highest BCUT2D eigenvalue weighted by molar-refractivity contribution is 7.91. The van der Waals surface area contributed by atoms with Gasteiger partial charge in [-0.3, -0.25) is 0 Å². The van der Waals surface area contributed by atoms with Crippen LogP contribution in [-0.2, 0) is 9.84 Å². The van der Waals surface area contributed by atoms with Crippen molar-refractivity contribution in [1.29, 1.82) is 5.26 Å². The van der Waals surface area contributed by atoms with Gasteiger partial charge in [0.05, 0.1) is 17.4 Å². The van der Waals surface area contributed by atoms with Crippen LogP contribution in [-0.4, -0.2) is 8.42 Å². The summed E-state index contributed by atoms with van der Waals surface area (Å²) in [4.78, 5) is -0.110. The maximum Gasteiger partial charge on any atom is 0.186 e. The average Bonchev–Trinajstić information content (AvgIpc) is 2.45. The van der Waals surface area contributed by atoms with Crippen molar-refractivity contribution in [2.75, 3.05) is 0 Å². The molecule has 20 heavy (non-hydrogen) atoms. The molecule has 0 saturated carbocycles. The van der Waals surface area contributed by atoms with Gasteiger partial charge >= 0.3 is 0 Å². The fourth-order valence-electron chi connectivity index (χ4n) is 1.97. The zero-order chi connectivity index (χ0) is 14.6. The van der Waals surface area contributed by atoms with Gasteiger partial charge in [0, 0.05) is 0 Å². The van der Waals surface area contributed by atoms with Gasteiger partial charge in [0.1, 0.15) is 11.1 Å². The van der Waals surface area contributed by atoms with Crippen LogP contribution in [0.15, 0.2) is 59.5 Å². The Kier molecular flexibility index (Phi) is 4.16. The lowest BCUT2D eigenvalue weighted by Gasteiger charge is -2.15. The average molecular weight is 289 g/mol. The van der Waals surface area contributed by atoms with Gasteiger partial charge in [-0.1, -0.05) is 36.4 Å². The quantitative estimate of drug-likeness (QED) is 0.868. The smallest absolute Gasteiger partial charge is 0.186 e. The van der Waals surface area contributed by atoms with Gasteiger partial charge < -0.3 is 0 Å². The van der Waals surface area contributed by atoms with Crippen molar-refractivity contribution in [2.24, 2.45) is 0 Å². The lowest BCUT2D eigenvalue weighted by molar-refractivity contribution is 0.578. The van der Waals surface area contributed by atoms with Gasteiger partial charge in [0.2, 0.25) is 0 Å². The van der Waals surface area contributed by atoms with Crippen LogP contribution in [0.3, 0.4) is 0 Å². The number of sulfone groups is 1. The van der Waals surface area contributed by atoms with Crippen LogP contribution in [0.1, 0.15) is 17.2 Å². The van der Waals surface area contributed by atoms with Crippen LogP contribution in [0.25, 0.3) is 0 Å². The second-order valence-electron chi connectivity index (χ2n) is 4.26. The highest BCUT2D eigenvalue weighted by atomic mass is 32.2. The Hall–Kier alpha value is -2.19. The number of benzene rings is 2. The first-order chi connectivity index (χ1) is 9.55. The molecule has 1 atom stereocenters. The number of rotatable bonds is 4. The third-order valence-electron chi connectivity index (χ3n) is 2.95. The normalized spacial score (nSPS) is 12.6. The molecule has 0 spiro atoms. The molecule has 0 fully saturated rings. The topological polar surface area (TPSA) is 57.9 Å². The van der Waals surface area contributed by atoms with Gasteiger partial charge in [0.25, 0.3) is 0 Å². The van der Waals surface area contributed by atoms with Crippen molar-refractivity contribution in [3.05, 3.63) is 66.0 Å². The molecule has 2 aromatic rings. The van der Waals surface area contributed by atoms with E-state index in [1.54, 1.807) is 30.3 Å². The summed E-state index contributed by atoms with van der Waals surface area (Å²) in [7, 11) is -3.80. The number of nitriles is 1. The largest absolute Gasteiger partial charge is 0.223 e. The number of hydrogen-bond donors (Lipinski definition) is 0. The maximum atomic E-state index is 13.2. The van der Waals surface area contributed by atoms with E-state index in [1.165, 1.54) is 18.2 Å². The molecule has 0 aromatic heterocycles. The summed E-state index contributed by atoms with van der Waals surface area (Å²) in [5, 5.41) is 7.88. The first-order valence-corrected chi connectivity index (χ1v) is 7.51. The molecule has 0 radical (unpaired) electrons. The zero-order valence-corrected chi connectivity index (χ0v) is 11.3. The Balaban J connectivity index is 2.52. The SMILES string of the molecule is N#CCC(c1ccccc1)S(=O)(=O)c1cccc(F)c1. The Morgan fingerprint density at radius 3 is 2.40 bits per heavy atom. The second kappa shape index (κ2) is 5.85. The van der Waals surface area contributed by atoms with E-state index in [4.69, 9.17) is 5.26 Å². The molecule has 0 amide bonds. The van der Waals surface area contributed by atoms with Crippen molar-refractivity contribution in [3.8, 4) is 6.07 Å². The Labute approximate surface area is 117 Å². The maximum absolute atomic E-state index is 13.2. The van der Waals surface area contributed by atoms with Gasteiger partial charge in [-0.15, -0.1) is 0 Å². The molecule has 102 valence electrons. The standard InChI is InChI=1S/C15H12FNO2S/c16-13-7-4-8-14(11-13)20(18,19)15(9-10-17)12-5-2-1-3-6-12/h1-8,11,15H,9H2. The highest BCUT2D eigenvalue weighted by Crippen LogP contribution is 2.31. The number of nitrogens with zero attached hydrogens (tertiary/aromatic N) is 1. The summed E-state index contributed by atoms with van der Waals surface area (Å²) in [6, 6.07) is 15.2. The summed E-state index contributed by atoms with van der Waals surface area (Å²) < 4.78 is 38.3. The molecule has 3 nitrogen and oxygen atoms in total. The minimum Gasteiger partial charge on any atom is -0.223 e. The van der Waals surface area contributed by atoms with E-state index < -0.39 is 20.9 Å². The first-order valence-electron chi connectivity index (χ1n) is 5.97. The van der Waals surface area contributed by atoms with Crippen LogP contribution in [0, 0.1) is 17.1 Å². The molecule has 0 N–H and O–H groups in total. The Bertz CT molecular complexity index is 736. The molecule has 0 bridgehead atoms. The van der Waals surface area contributed by atoms with Gasteiger partial charge in [-0.2, -0.15) is 5.26 Å². The Morgan fingerprint density at radius 1 is 1.10 bits per heavy atom. The van der Waals surface area contributed by atoms with E-state index in [2.05, 4.69) is 0 Å². The first kappa shape index (κ1) is 14.2. The van der Waals surface area contributed by atoms with Gasteiger partial charge in [0.15, 0.2) is 9.84 Å². The van der Waals surface area contributed by atoms with Crippen LogP contribution in [0.2, 0.25) is 0 Å². The summed E-state index contributed by atoms with van der Waals surface area (Å²) in [5.41, 5.74) is 0.526. The molecule has 0 aliphatic carbocycles. The van der Waals surface area contributed by atoms with Crippen molar-refractivity contribution in [1.82, 2.24) is 0 Å². The second-order valence-corrected chi connectivity index (χ2v) is 6.39. The zero-order valence-electron chi connectivity index (χ0n) is 10.5. The van der Waals surface area contributed by atoms with Gasteiger partial charge in [-0.05, 0) is 23.8 Å². The fourth-order valence-corrected chi connectivity index (χ4v) is 3.65. The monoisotopic (exact) mass is 289 g/mol. The van der Waals surface area contributed by atoms with E-state index in [0.29, 0.717) is 5.56 Å². The van der Waals surface area contributed by atoms with Crippen LogP contribution in [0.4, 0.5) is 4.39 Å². The summed E-state index contributed by atoms with van der Waals surface area (Å²) in [6.07, 6.45) is -0.178. The van der Waals surface area contributed by atoms with E-state index >= 15 is 0 Å². The van der Waals surface area contributed by atoms with E-state index in [9.17, 15) is 12.8 Å². The molecular formula is C15H12FNO2S. The van der Waals surface area contributed by atoms with Crippen LogP contribution in [0.5, 0.6) is 0 Å². The van der Waals surface area contributed by atoms with Gasteiger partial charge in [-0.25, -0.2) is 12.8 Å². The summed E-state index contributed by atoms with van der Waals surface area (Å²) in [6.45, 7) is 0. The molecule has 5 heteroatoms. The van der Waals surface area contributed by atoms with E-state index in [-0.39, 0.29) is 11.3 Å². The molecule has 1 unspecified atom stereocenters. The predicted molar refractivity (Wildman–Crippen MR) is 73.0 cm³/mol. The van der Waals surface area contributed by atoms with Crippen molar-refractivity contribution >= 4 is 9.84 Å². The lowest BCUT2D eigenvalue weighted by atomic mass is 10.1. The molecule has 0 heterocycles.